The van der Waals surface area contributed by atoms with Gasteiger partial charge in [-0.05, 0) is 51.9 Å². The fraction of sp³-hybridized carbons (Fsp3) is 0.0833. The average molecular weight is 388 g/mol. The fourth-order valence-corrected chi connectivity index (χ4v) is 4.10. The molecule has 0 N–H and O–H groups in total. The van der Waals surface area contributed by atoms with Crippen LogP contribution in [0.5, 0.6) is 5.75 Å². The van der Waals surface area contributed by atoms with Gasteiger partial charge in [-0.3, -0.25) is 0 Å². The molecule has 28 heavy (non-hydrogen) atoms. The minimum Gasteiger partial charge on any atom is -0.496 e. The van der Waals surface area contributed by atoms with Gasteiger partial charge in [0.05, 0.1) is 12.0 Å². The quantitative estimate of drug-likeness (QED) is 0.458. The van der Waals surface area contributed by atoms with E-state index >= 15 is 0 Å². The highest BCUT2D eigenvalue weighted by Crippen LogP contribution is 2.35. The summed E-state index contributed by atoms with van der Waals surface area (Å²) in [6.45, 7) is 0. The maximum atomic E-state index is 11.7. The minimum absolute atomic E-state index is 0.325. The van der Waals surface area contributed by atoms with Gasteiger partial charge in [0.1, 0.15) is 5.75 Å². The molecule has 0 amide bonds. The van der Waals surface area contributed by atoms with Crippen LogP contribution in [0.25, 0.3) is 33.0 Å². The van der Waals surface area contributed by atoms with E-state index < -0.39 is 9.84 Å². The largest absolute Gasteiger partial charge is 0.496 e. The number of hydrogen-bond donors (Lipinski definition) is 0. The van der Waals surface area contributed by atoms with E-state index in [0.29, 0.717) is 4.90 Å². The number of ether oxygens (including phenoxy) is 1. The number of fused-ring (bicyclic) bond motifs is 1. The van der Waals surface area contributed by atoms with Crippen molar-refractivity contribution in [2.24, 2.45) is 0 Å². The molecular weight excluding hydrogens is 368 g/mol. The van der Waals surface area contributed by atoms with Gasteiger partial charge in [0.15, 0.2) is 9.84 Å². The Balaban J connectivity index is 1.83. The average Bonchev–Trinajstić information content (AvgIpc) is 2.72. The first-order valence-electron chi connectivity index (χ1n) is 8.94. The molecule has 0 aliphatic carbocycles. The Morgan fingerprint density at radius 3 is 2.00 bits per heavy atom. The second-order valence-corrected chi connectivity index (χ2v) is 8.75. The number of hydrogen-bond acceptors (Lipinski definition) is 3. The molecule has 0 aliphatic rings. The van der Waals surface area contributed by atoms with Crippen LogP contribution in [0.15, 0.2) is 89.8 Å². The molecule has 4 aromatic carbocycles. The SMILES string of the molecule is COc1cccc2cc(-c3ccccc3-c3ccc(S(C)(=O)=O)cc3)ccc12. The fourth-order valence-electron chi connectivity index (χ4n) is 3.47. The highest BCUT2D eigenvalue weighted by Gasteiger charge is 2.11. The summed E-state index contributed by atoms with van der Waals surface area (Å²) in [7, 11) is -1.53. The van der Waals surface area contributed by atoms with Crippen LogP contribution in [0.4, 0.5) is 0 Å². The monoisotopic (exact) mass is 388 g/mol. The Bertz CT molecular complexity index is 1260. The molecule has 0 fully saturated rings. The highest BCUT2D eigenvalue weighted by molar-refractivity contribution is 7.90. The Morgan fingerprint density at radius 2 is 1.36 bits per heavy atom. The van der Waals surface area contributed by atoms with Gasteiger partial charge in [0.25, 0.3) is 0 Å². The summed E-state index contributed by atoms with van der Waals surface area (Å²) in [4.78, 5) is 0.325. The summed E-state index contributed by atoms with van der Waals surface area (Å²) in [6.07, 6.45) is 1.22. The minimum atomic E-state index is -3.21. The molecular formula is C24H20O3S. The van der Waals surface area contributed by atoms with Crippen molar-refractivity contribution in [1.29, 1.82) is 0 Å². The summed E-state index contributed by atoms with van der Waals surface area (Å²) in [5, 5.41) is 2.18. The van der Waals surface area contributed by atoms with E-state index in [0.717, 1.165) is 38.8 Å². The van der Waals surface area contributed by atoms with Crippen molar-refractivity contribution in [1.82, 2.24) is 0 Å². The summed E-state index contributed by atoms with van der Waals surface area (Å²) in [5.74, 6) is 0.855. The van der Waals surface area contributed by atoms with E-state index in [1.807, 2.05) is 36.4 Å². The molecule has 0 heterocycles. The van der Waals surface area contributed by atoms with Crippen LogP contribution < -0.4 is 4.74 Å². The topological polar surface area (TPSA) is 43.4 Å². The van der Waals surface area contributed by atoms with Gasteiger partial charge >= 0.3 is 0 Å². The molecule has 4 rings (SSSR count). The normalized spacial score (nSPS) is 11.5. The predicted octanol–water partition coefficient (Wildman–Crippen LogP) is 5.59. The Hall–Kier alpha value is -3.11. The van der Waals surface area contributed by atoms with E-state index in [2.05, 4.69) is 36.4 Å². The number of rotatable bonds is 4. The zero-order chi connectivity index (χ0) is 19.7. The van der Waals surface area contributed by atoms with Crippen molar-refractivity contribution >= 4 is 20.6 Å². The van der Waals surface area contributed by atoms with Crippen LogP contribution in [0.1, 0.15) is 0 Å². The number of benzene rings is 4. The maximum Gasteiger partial charge on any atom is 0.175 e. The van der Waals surface area contributed by atoms with Crippen LogP contribution in [0, 0.1) is 0 Å². The predicted molar refractivity (Wildman–Crippen MR) is 114 cm³/mol. The molecule has 0 saturated heterocycles. The van der Waals surface area contributed by atoms with Gasteiger partial charge < -0.3 is 4.74 Å². The maximum absolute atomic E-state index is 11.7. The van der Waals surface area contributed by atoms with E-state index in [-0.39, 0.29) is 0 Å². The lowest BCUT2D eigenvalue weighted by Gasteiger charge is -2.12. The molecule has 3 nitrogen and oxygen atoms in total. The van der Waals surface area contributed by atoms with Crippen LogP contribution in [-0.4, -0.2) is 21.8 Å². The van der Waals surface area contributed by atoms with E-state index in [1.54, 1.807) is 19.2 Å². The van der Waals surface area contributed by atoms with Gasteiger partial charge in [0, 0.05) is 11.6 Å². The van der Waals surface area contributed by atoms with Crippen LogP contribution in [-0.2, 0) is 9.84 Å². The highest BCUT2D eigenvalue weighted by atomic mass is 32.2. The van der Waals surface area contributed by atoms with Crippen LogP contribution in [0.2, 0.25) is 0 Å². The standard InChI is InChI=1S/C24H20O3S/c1-27-24-9-5-6-18-16-19(12-15-23(18)24)22-8-4-3-7-21(22)17-10-13-20(14-11-17)28(2,25)26/h3-16H,1-2H3. The van der Waals surface area contributed by atoms with Crippen molar-refractivity contribution in [3.05, 3.63) is 84.9 Å². The zero-order valence-corrected chi connectivity index (χ0v) is 16.5. The third kappa shape index (κ3) is 3.39. The van der Waals surface area contributed by atoms with Crippen molar-refractivity contribution in [3.8, 4) is 28.0 Å². The molecule has 0 unspecified atom stereocenters. The lowest BCUT2D eigenvalue weighted by Crippen LogP contribution is -1.96. The first-order chi connectivity index (χ1) is 13.5. The van der Waals surface area contributed by atoms with E-state index in [1.165, 1.54) is 6.26 Å². The Kier molecular flexibility index (Phi) is 4.65. The number of sulfone groups is 1. The molecule has 4 heteroatoms. The van der Waals surface area contributed by atoms with Crippen molar-refractivity contribution in [2.75, 3.05) is 13.4 Å². The van der Waals surface area contributed by atoms with Gasteiger partial charge in [-0.2, -0.15) is 0 Å². The van der Waals surface area contributed by atoms with Crippen molar-refractivity contribution in [3.63, 3.8) is 0 Å². The van der Waals surface area contributed by atoms with Gasteiger partial charge in [-0.15, -0.1) is 0 Å². The van der Waals surface area contributed by atoms with Crippen LogP contribution >= 0.6 is 0 Å². The van der Waals surface area contributed by atoms with Gasteiger partial charge in [-0.25, -0.2) is 8.42 Å². The lowest BCUT2D eigenvalue weighted by molar-refractivity contribution is 0.420. The third-order valence-corrected chi connectivity index (χ3v) is 6.02. The molecule has 140 valence electrons. The molecule has 0 saturated carbocycles. The Morgan fingerprint density at radius 1 is 0.714 bits per heavy atom. The third-order valence-electron chi connectivity index (χ3n) is 4.89. The van der Waals surface area contributed by atoms with Crippen molar-refractivity contribution < 1.29 is 13.2 Å². The summed E-state index contributed by atoms with van der Waals surface area (Å²) in [5.41, 5.74) is 4.24. The molecule has 0 atom stereocenters. The smallest absolute Gasteiger partial charge is 0.175 e. The van der Waals surface area contributed by atoms with E-state index in [4.69, 9.17) is 4.74 Å². The van der Waals surface area contributed by atoms with Gasteiger partial charge in [-0.1, -0.05) is 60.7 Å². The molecule has 0 bridgehead atoms. The van der Waals surface area contributed by atoms with Crippen LogP contribution in [0.3, 0.4) is 0 Å². The summed E-state index contributed by atoms with van der Waals surface area (Å²) < 4.78 is 28.9. The zero-order valence-electron chi connectivity index (χ0n) is 15.7. The molecule has 0 radical (unpaired) electrons. The molecule has 0 aromatic heterocycles. The van der Waals surface area contributed by atoms with Crippen molar-refractivity contribution in [2.45, 2.75) is 4.90 Å². The first kappa shape index (κ1) is 18.3. The molecule has 4 aromatic rings. The Labute approximate surface area is 165 Å². The summed E-state index contributed by atoms with van der Waals surface area (Å²) in [6, 6.07) is 27.5. The summed E-state index contributed by atoms with van der Waals surface area (Å²) >= 11 is 0. The second-order valence-electron chi connectivity index (χ2n) is 6.74. The number of methoxy groups -OCH3 is 1. The molecule has 0 aliphatic heterocycles. The van der Waals surface area contributed by atoms with Gasteiger partial charge in [0.2, 0.25) is 0 Å². The first-order valence-corrected chi connectivity index (χ1v) is 10.8. The molecule has 0 spiro atoms. The lowest BCUT2D eigenvalue weighted by atomic mass is 9.93. The second kappa shape index (κ2) is 7.13. The van der Waals surface area contributed by atoms with E-state index in [9.17, 15) is 8.42 Å².